The lowest BCUT2D eigenvalue weighted by Gasteiger charge is -2.32. The van der Waals surface area contributed by atoms with Crippen molar-refractivity contribution in [2.24, 2.45) is 0 Å². The van der Waals surface area contributed by atoms with E-state index in [1.807, 2.05) is 87.5 Å². The molecule has 3 aromatic carbocycles. The molecule has 0 fully saturated rings. The first kappa shape index (κ1) is 26.6. The molecule has 0 aliphatic rings. The van der Waals surface area contributed by atoms with Crippen molar-refractivity contribution >= 4 is 23.6 Å². The Bertz CT molecular complexity index is 1070. The molecule has 0 aromatic heterocycles. The van der Waals surface area contributed by atoms with E-state index < -0.39 is 6.04 Å². The van der Waals surface area contributed by atoms with E-state index in [0.29, 0.717) is 25.1 Å². The Kier molecular flexibility index (Phi) is 10.4. The van der Waals surface area contributed by atoms with Gasteiger partial charge in [0.05, 0.1) is 0 Å². The minimum Gasteiger partial charge on any atom is -0.352 e. The van der Waals surface area contributed by atoms with Gasteiger partial charge < -0.3 is 10.2 Å². The lowest BCUT2D eigenvalue weighted by molar-refractivity contribution is -0.141. The van der Waals surface area contributed by atoms with Gasteiger partial charge in [0, 0.05) is 36.1 Å². The number of benzene rings is 3. The summed E-state index contributed by atoms with van der Waals surface area (Å²) in [6.45, 7) is 6.50. The predicted octanol–water partition coefficient (Wildman–Crippen LogP) is 6.03. The number of amides is 2. The van der Waals surface area contributed by atoms with E-state index in [2.05, 4.69) is 23.5 Å². The standard InChI is InChI=1S/C30H36N2O2S/c1-4-24(3)31-30(34)28(21-25-13-7-5-8-14-25)32(22-26-15-11-12-23(2)20-26)29(33)18-19-35-27-16-9-6-10-17-27/h5-17,20,24,28H,4,18-19,21-22H2,1-3H3,(H,31,34). The van der Waals surface area contributed by atoms with Crippen LogP contribution in [0.5, 0.6) is 0 Å². The molecule has 0 bridgehead atoms. The number of hydrogen-bond acceptors (Lipinski definition) is 3. The molecule has 2 unspecified atom stereocenters. The molecular weight excluding hydrogens is 452 g/mol. The van der Waals surface area contributed by atoms with E-state index >= 15 is 0 Å². The van der Waals surface area contributed by atoms with Crippen LogP contribution in [0.4, 0.5) is 0 Å². The first-order chi connectivity index (χ1) is 17.0. The number of carbonyl (C=O) groups excluding carboxylic acids is 2. The summed E-state index contributed by atoms with van der Waals surface area (Å²) in [5, 5.41) is 3.13. The highest BCUT2D eigenvalue weighted by molar-refractivity contribution is 7.99. The Labute approximate surface area is 214 Å². The Balaban J connectivity index is 1.86. The van der Waals surface area contributed by atoms with Gasteiger partial charge in [-0.2, -0.15) is 0 Å². The van der Waals surface area contributed by atoms with Crippen LogP contribution in [-0.2, 0) is 22.6 Å². The van der Waals surface area contributed by atoms with Gasteiger partial charge in [-0.3, -0.25) is 9.59 Å². The molecule has 3 rings (SSSR count). The summed E-state index contributed by atoms with van der Waals surface area (Å²) in [7, 11) is 0. The molecule has 1 N–H and O–H groups in total. The van der Waals surface area contributed by atoms with Crippen LogP contribution < -0.4 is 5.32 Å². The molecule has 3 aromatic rings. The van der Waals surface area contributed by atoms with E-state index in [1.54, 1.807) is 16.7 Å². The third kappa shape index (κ3) is 8.59. The van der Waals surface area contributed by atoms with Crippen LogP contribution in [0.2, 0.25) is 0 Å². The maximum absolute atomic E-state index is 13.6. The molecular formula is C30H36N2O2S. The normalized spacial score (nSPS) is 12.5. The van der Waals surface area contributed by atoms with Gasteiger partial charge in [-0.1, -0.05) is 85.3 Å². The number of carbonyl (C=O) groups is 2. The third-order valence-corrected chi connectivity index (χ3v) is 7.05. The number of thioether (sulfide) groups is 1. The first-order valence-corrected chi connectivity index (χ1v) is 13.3. The molecule has 2 atom stereocenters. The summed E-state index contributed by atoms with van der Waals surface area (Å²) in [6.07, 6.45) is 1.68. The zero-order chi connectivity index (χ0) is 25.0. The summed E-state index contributed by atoms with van der Waals surface area (Å²) in [6, 6.07) is 27.7. The zero-order valence-corrected chi connectivity index (χ0v) is 21.8. The van der Waals surface area contributed by atoms with Crippen molar-refractivity contribution in [3.05, 3.63) is 102 Å². The van der Waals surface area contributed by atoms with E-state index in [-0.39, 0.29) is 17.9 Å². The molecule has 184 valence electrons. The molecule has 2 amide bonds. The number of rotatable bonds is 12. The first-order valence-electron chi connectivity index (χ1n) is 12.3. The van der Waals surface area contributed by atoms with Crippen molar-refractivity contribution in [1.82, 2.24) is 10.2 Å². The van der Waals surface area contributed by atoms with Crippen LogP contribution in [-0.4, -0.2) is 34.6 Å². The molecule has 35 heavy (non-hydrogen) atoms. The fourth-order valence-corrected chi connectivity index (χ4v) is 4.78. The van der Waals surface area contributed by atoms with Crippen molar-refractivity contribution in [3.8, 4) is 0 Å². The SMILES string of the molecule is CCC(C)NC(=O)C(Cc1ccccc1)N(Cc1cccc(C)c1)C(=O)CCSc1ccccc1. The Morgan fingerprint density at radius 1 is 0.914 bits per heavy atom. The second kappa shape index (κ2) is 13.7. The van der Waals surface area contributed by atoms with Crippen LogP contribution >= 0.6 is 11.8 Å². The van der Waals surface area contributed by atoms with Crippen molar-refractivity contribution < 1.29 is 9.59 Å². The van der Waals surface area contributed by atoms with Gasteiger partial charge in [-0.25, -0.2) is 0 Å². The van der Waals surface area contributed by atoms with E-state index in [4.69, 9.17) is 0 Å². The molecule has 5 heteroatoms. The Hall–Kier alpha value is -3.05. The minimum atomic E-state index is -0.582. The summed E-state index contributed by atoms with van der Waals surface area (Å²) < 4.78 is 0. The van der Waals surface area contributed by atoms with Crippen molar-refractivity contribution in [3.63, 3.8) is 0 Å². The Morgan fingerprint density at radius 3 is 2.23 bits per heavy atom. The van der Waals surface area contributed by atoms with Gasteiger partial charge in [-0.05, 0) is 43.5 Å². The molecule has 0 aliphatic heterocycles. The van der Waals surface area contributed by atoms with Gasteiger partial charge in [0.1, 0.15) is 6.04 Å². The summed E-state index contributed by atoms with van der Waals surface area (Å²) >= 11 is 1.67. The maximum atomic E-state index is 13.6. The second-order valence-electron chi connectivity index (χ2n) is 8.95. The van der Waals surface area contributed by atoms with Crippen molar-refractivity contribution in [1.29, 1.82) is 0 Å². The van der Waals surface area contributed by atoms with Gasteiger partial charge in [-0.15, -0.1) is 11.8 Å². The quantitative estimate of drug-likeness (QED) is 0.317. The van der Waals surface area contributed by atoms with E-state index in [1.165, 1.54) is 0 Å². The minimum absolute atomic E-state index is 0.00447. The molecule has 4 nitrogen and oxygen atoms in total. The molecule has 0 spiro atoms. The topological polar surface area (TPSA) is 49.4 Å². The van der Waals surface area contributed by atoms with Gasteiger partial charge in [0.15, 0.2) is 0 Å². The maximum Gasteiger partial charge on any atom is 0.243 e. The lowest BCUT2D eigenvalue weighted by atomic mass is 10.0. The highest BCUT2D eigenvalue weighted by Gasteiger charge is 2.30. The van der Waals surface area contributed by atoms with Crippen LogP contribution in [0, 0.1) is 6.92 Å². The average molecular weight is 489 g/mol. The van der Waals surface area contributed by atoms with Crippen LogP contribution in [0.15, 0.2) is 89.8 Å². The average Bonchev–Trinajstić information content (AvgIpc) is 2.87. The molecule has 0 saturated heterocycles. The summed E-state index contributed by atoms with van der Waals surface area (Å²) in [5.41, 5.74) is 3.21. The smallest absolute Gasteiger partial charge is 0.243 e. The zero-order valence-electron chi connectivity index (χ0n) is 20.9. The van der Waals surface area contributed by atoms with E-state index in [9.17, 15) is 9.59 Å². The number of nitrogens with zero attached hydrogens (tertiary/aromatic N) is 1. The monoisotopic (exact) mass is 488 g/mol. The van der Waals surface area contributed by atoms with Gasteiger partial charge in [0.2, 0.25) is 11.8 Å². The predicted molar refractivity (Wildman–Crippen MR) is 145 cm³/mol. The Morgan fingerprint density at radius 2 is 1.57 bits per heavy atom. The van der Waals surface area contributed by atoms with Gasteiger partial charge >= 0.3 is 0 Å². The number of hydrogen-bond donors (Lipinski definition) is 1. The lowest BCUT2D eigenvalue weighted by Crippen LogP contribution is -2.52. The number of nitrogens with one attached hydrogen (secondary N) is 1. The molecule has 0 saturated carbocycles. The molecule has 0 radical (unpaired) electrons. The highest BCUT2D eigenvalue weighted by atomic mass is 32.2. The fourth-order valence-electron chi connectivity index (χ4n) is 3.92. The third-order valence-electron chi connectivity index (χ3n) is 6.04. The van der Waals surface area contributed by atoms with Crippen LogP contribution in [0.25, 0.3) is 0 Å². The van der Waals surface area contributed by atoms with Crippen LogP contribution in [0.3, 0.4) is 0 Å². The summed E-state index contributed by atoms with van der Waals surface area (Å²) in [4.78, 5) is 30.1. The van der Waals surface area contributed by atoms with Crippen molar-refractivity contribution in [2.45, 2.75) is 63.6 Å². The molecule has 0 heterocycles. The fraction of sp³-hybridized carbons (Fsp3) is 0.333. The highest BCUT2D eigenvalue weighted by Crippen LogP contribution is 2.21. The van der Waals surface area contributed by atoms with Crippen molar-refractivity contribution in [2.75, 3.05) is 5.75 Å². The van der Waals surface area contributed by atoms with Gasteiger partial charge in [0.25, 0.3) is 0 Å². The summed E-state index contributed by atoms with van der Waals surface area (Å²) in [5.74, 6) is 0.563. The second-order valence-corrected chi connectivity index (χ2v) is 10.1. The molecule has 0 aliphatic carbocycles. The van der Waals surface area contributed by atoms with E-state index in [0.717, 1.165) is 28.0 Å². The number of aryl methyl sites for hydroxylation is 1. The van der Waals surface area contributed by atoms with Crippen LogP contribution in [0.1, 0.15) is 43.4 Å². The largest absolute Gasteiger partial charge is 0.352 e.